The molecule has 2 rings (SSSR count). The molecule has 1 heterocycles. The lowest BCUT2D eigenvalue weighted by Crippen LogP contribution is -2.40. The second-order valence-corrected chi connectivity index (χ2v) is 6.60. The summed E-state index contributed by atoms with van der Waals surface area (Å²) in [4.78, 5) is 13.8. The fraction of sp³-hybridized carbons (Fsp3) is 0.364. The average Bonchev–Trinajstić information content (AvgIpc) is 2.37. The van der Waals surface area contributed by atoms with Gasteiger partial charge in [0.25, 0.3) is 5.91 Å². The number of halogens is 1. The number of amides is 1. The Balaban J connectivity index is 2.34. The zero-order chi connectivity index (χ0) is 14.0. The number of primary sulfonamides is 1. The molecule has 1 saturated heterocycles. The van der Waals surface area contributed by atoms with E-state index in [-0.39, 0.29) is 10.8 Å². The minimum absolute atomic E-state index is 0.0847. The van der Waals surface area contributed by atoms with Crippen LogP contribution in [0.4, 0.5) is 0 Å². The van der Waals surface area contributed by atoms with Crippen LogP contribution >= 0.6 is 15.9 Å². The molecule has 2 N–H and O–H groups in total. The van der Waals surface area contributed by atoms with E-state index < -0.39 is 10.0 Å². The summed E-state index contributed by atoms with van der Waals surface area (Å²) in [6, 6.07) is 4.23. The molecule has 1 aliphatic rings. The molecule has 0 unspecified atom stereocenters. The number of sulfonamides is 1. The predicted molar refractivity (Wildman–Crippen MR) is 72.2 cm³/mol. The first kappa shape index (κ1) is 14.4. The number of hydrogen-bond acceptors (Lipinski definition) is 4. The SMILES string of the molecule is NS(=O)(=O)c1cc(Br)cc(C(=O)N2CCOCC2)c1. The molecule has 0 saturated carbocycles. The van der Waals surface area contributed by atoms with Gasteiger partial charge in [0.15, 0.2) is 0 Å². The Morgan fingerprint density at radius 1 is 1.26 bits per heavy atom. The number of ether oxygens (including phenoxy) is 1. The van der Waals surface area contributed by atoms with Gasteiger partial charge >= 0.3 is 0 Å². The highest BCUT2D eigenvalue weighted by molar-refractivity contribution is 9.10. The van der Waals surface area contributed by atoms with Crippen LogP contribution in [0.2, 0.25) is 0 Å². The Labute approximate surface area is 119 Å². The average molecular weight is 349 g/mol. The number of morpholine rings is 1. The van der Waals surface area contributed by atoms with Crippen LogP contribution in [0.1, 0.15) is 10.4 Å². The molecule has 1 fully saturated rings. The Kier molecular flexibility index (Phi) is 4.24. The van der Waals surface area contributed by atoms with Gasteiger partial charge in [-0.25, -0.2) is 13.6 Å². The van der Waals surface area contributed by atoms with Crippen molar-refractivity contribution >= 4 is 31.9 Å². The third-order valence-corrected chi connectivity index (χ3v) is 4.10. The summed E-state index contributed by atoms with van der Waals surface area (Å²) in [5, 5.41) is 5.08. The Morgan fingerprint density at radius 3 is 2.47 bits per heavy atom. The van der Waals surface area contributed by atoms with E-state index in [9.17, 15) is 13.2 Å². The van der Waals surface area contributed by atoms with Crippen LogP contribution in [0.25, 0.3) is 0 Å². The maximum atomic E-state index is 12.2. The second-order valence-electron chi connectivity index (χ2n) is 4.13. The normalized spacial score (nSPS) is 16.4. The van der Waals surface area contributed by atoms with Gasteiger partial charge < -0.3 is 9.64 Å². The number of hydrogen-bond donors (Lipinski definition) is 1. The van der Waals surface area contributed by atoms with E-state index in [0.29, 0.717) is 36.3 Å². The van der Waals surface area contributed by atoms with Gasteiger partial charge in [0.1, 0.15) is 0 Å². The van der Waals surface area contributed by atoms with Crippen molar-refractivity contribution in [3.8, 4) is 0 Å². The predicted octanol–water partition coefficient (Wildman–Crippen LogP) is 0.569. The van der Waals surface area contributed by atoms with Crippen molar-refractivity contribution in [2.45, 2.75) is 4.90 Å². The Bertz CT molecular complexity index is 597. The number of nitrogens with zero attached hydrogens (tertiary/aromatic N) is 1. The number of nitrogens with two attached hydrogens (primary N) is 1. The van der Waals surface area contributed by atoms with Gasteiger partial charge in [-0.15, -0.1) is 0 Å². The minimum atomic E-state index is -3.84. The molecule has 1 aromatic rings. The monoisotopic (exact) mass is 348 g/mol. The van der Waals surface area contributed by atoms with Crippen molar-refractivity contribution in [3.05, 3.63) is 28.2 Å². The van der Waals surface area contributed by atoms with E-state index in [1.165, 1.54) is 12.1 Å². The first-order valence-corrected chi connectivity index (χ1v) is 7.92. The van der Waals surface area contributed by atoms with Crippen molar-refractivity contribution in [2.75, 3.05) is 26.3 Å². The first-order chi connectivity index (χ1) is 8.88. The van der Waals surface area contributed by atoms with Crippen LogP contribution in [0, 0.1) is 0 Å². The largest absolute Gasteiger partial charge is 0.378 e. The van der Waals surface area contributed by atoms with Crippen molar-refractivity contribution in [3.63, 3.8) is 0 Å². The van der Waals surface area contributed by atoms with Crippen LogP contribution < -0.4 is 5.14 Å². The van der Waals surface area contributed by atoms with Gasteiger partial charge in [-0.05, 0) is 18.2 Å². The fourth-order valence-electron chi connectivity index (χ4n) is 1.80. The maximum Gasteiger partial charge on any atom is 0.254 e. The standard InChI is InChI=1S/C11H13BrN2O4S/c12-9-5-8(6-10(7-9)19(13,16)17)11(15)14-1-3-18-4-2-14/h5-7H,1-4H2,(H2,13,16,17). The number of carbonyl (C=O) groups is 1. The Hall–Kier alpha value is -0.960. The summed E-state index contributed by atoms with van der Waals surface area (Å²) in [5.74, 6) is -0.227. The summed E-state index contributed by atoms with van der Waals surface area (Å²) < 4.78 is 28.4. The molecule has 0 spiro atoms. The van der Waals surface area contributed by atoms with E-state index >= 15 is 0 Å². The molecule has 6 nitrogen and oxygen atoms in total. The zero-order valence-corrected chi connectivity index (χ0v) is 12.4. The molecule has 0 bridgehead atoms. The van der Waals surface area contributed by atoms with Crippen LogP contribution in [0.3, 0.4) is 0 Å². The summed E-state index contributed by atoms with van der Waals surface area (Å²) in [6.07, 6.45) is 0. The molecule has 1 amide bonds. The molecule has 0 atom stereocenters. The lowest BCUT2D eigenvalue weighted by Gasteiger charge is -2.27. The number of rotatable bonds is 2. The topological polar surface area (TPSA) is 89.7 Å². The minimum Gasteiger partial charge on any atom is -0.378 e. The second kappa shape index (κ2) is 5.58. The highest BCUT2D eigenvalue weighted by atomic mass is 79.9. The third-order valence-electron chi connectivity index (χ3n) is 2.75. The van der Waals surface area contributed by atoms with Crippen LogP contribution in [0.5, 0.6) is 0 Å². The van der Waals surface area contributed by atoms with Gasteiger partial charge in [-0.2, -0.15) is 0 Å². The molecular weight excluding hydrogens is 336 g/mol. The molecule has 0 aliphatic carbocycles. The van der Waals surface area contributed by atoms with E-state index in [4.69, 9.17) is 9.88 Å². The first-order valence-electron chi connectivity index (χ1n) is 5.58. The molecular formula is C11H13BrN2O4S. The lowest BCUT2D eigenvalue weighted by molar-refractivity contribution is 0.0302. The molecule has 1 aromatic carbocycles. The van der Waals surface area contributed by atoms with Crippen LogP contribution in [0.15, 0.2) is 27.6 Å². The summed E-state index contributed by atoms with van der Waals surface area (Å²) >= 11 is 3.18. The van der Waals surface area contributed by atoms with Crippen molar-refractivity contribution in [1.29, 1.82) is 0 Å². The number of benzene rings is 1. The van der Waals surface area contributed by atoms with Gasteiger partial charge in [0.05, 0.1) is 18.1 Å². The summed E-state index contributed by atoms with van der Waals surface area (Å²) in [7, 11) is -3.84. The van der Waals surface area contributed by atoms with Crippen molar-refractivity contribution in [2.24, 2.45) is 5.14 Å². The molecule has 0 aromatic heterocycles. The van der Waals surface area contributed by atoms with Crippen molar-refractivity contribution in [1.82, 2.24) is 4.90 Å². The molecule has 104 valence electrons. The smallest absolute Gasteiger partial charge is 0.254 e. The van der Waals surface area contributed by atoms with Gasteiger partial charge in [-0.1, -0.05) is 15.9 Å². The highest BCUT2D eigenvalue weighted by Gasteiger charge is 2.20. The summed E-state index contributed by atoms with van der Waals surface area (Å²) in [6.45, 7) is 1.97. The fourth-order valence-corrected chi connectivity index (χ4v) is 3.03. The molecule has 19 heavy (non-hydrogen) atoms. The quantitative estimate of drug-likeness (QED) is 0.845. The lowest BCUT2D eigenvalue weighted by atomic mass is 10.2. The van der Waals surface area contributed by atoms with E-state index in [0.717, 1.165) is 0 Å². The van der Waals surface area contributed by atoms with Gasteiger partial charge in [0, 0.05) is 23.1 Å². The Morgan fingerprint density at radius 2 is 1.89 bits per heavy atom. The molecule has 8 heteroatoms. The third kappa shape index (κ3) is 3.53. The molecule has 0 radical (unpaired) electrons. The molecule has 1 aliphatic heterocycles. The van der Waals surface area contributed by atoms with E-state index in [1.54, 1.807) is 11.0 Å². The van der Waals surface area contributed by atoms with E-state index in [1.807, 2.05) is 0 Å². The van der Waals surface area contributed by atoms with E-state index in [2.05, 4.69) is 15.9 Å². The number of carbonyl (C=O) groups excluding carboxylic acids is 1. The van der Waals surface area contributed by atoms with Crippen molar-refractivity contribution < 1.29 is 17.9 Å². The van der Waals surface area contributed by atoms with Crippen LogP contribution in [-0.4, -0.2) is 45.5 Å². The van der Waals surface area contributed by atoms with Gasteiger partial charge in [0.2, 0.25) is 10.0 Å². The van der Waals surface area contributed by atoms with Crippen LogP contribution in [-0.2, 0) is 14.8 Å². The van der Waals surface area contributed by atoms with Gasteiger partial charge in [-0.3, -0.25) is 4.79 Å². The summed E-state index contributed by atoms with van der Waals surface area (Å²) in [5.41, 5.74) is 0.292. The zero-order valence-electron chi connectivity index (χ0n) is 10.0. The highest BCUT2D eigenvalue weighted by Crippen LogP contribution is 2.20. The maximum absolute atomic E-state index is 12.2.